The minimum Gasteiger partial charge on any atom is -0.355 e. The number of hydrogen-bond donors (Lipinski definition) is 1. The topological polar surface area (TPSA) is 71.0 Å². The zero-order chi connectivity index (χ0) is 22.1. The maximum absolute atomic E-state index is 13.4. The lowest BCUT2D eigenvalue weighted by Crippen LogP contribution is -2.45. The molecular weight excluding hydrogens is 425 g/mol. The number of aromatic nitrogens is 3. The molecule has 0 spiro atoms. The number of rotatable bonds is 4. The smallest absolute Gasteiger partial charge is 0.253 e. The van der Waals surface area contributed by atoms with Crippen molar-refractivity contribution in [1.82, 2.24) is 20.3 Å². The predicted molar refractivity (Wildman–Crippen MR) is 124 cm³/mol. The number of benzene rings is 1. The van der Waals surface area contributed by atoms with Crippen LogP contribution in [0.2, 0.25) is 0 Å². The summed E-state index contributed by atoms with van der Waals surface area (Å²) < 4.78 is 14.6. The third-order valence-electron chi connectivity index (χ3n) is 5.79. The zero-order valence-corrected chi connectivity index (χ0v) is 18.4. The fourth-order valence-corrected chi connectivity index (χ4v) is 5.05. The summed E-state index contributed by atoms with van der Waals surface area (Å²) >= 11 is 1.68. The SMILES string of the molecule is Cc1csc2c(N3CCC(NC(=O)c4ccc(-c5cccc(F)c5)nc4)CC3)ncnc12. The molecule has 0 atom stereocenters. The van der Waals surface area contributed by atoms with Gasteiger partial charge in [-0.15, -0.1) is 11.3 Å². The van der Waals surface area contributed by atoms with Crippen molar-refractivity contribution in [1.29, 1.82) is 0 Å². The van der Waals surface area contributed by atoms with Crippen molar-refractivity contribution >= 4 is 33.3 Å². The van der Waals surface area contributed by atoms with Crippen LogP contribution < -0.4 is 10.2 Å². The minimum absolute atomic E-state index is 0.101. The Morgan fingerprint density at radius 2 is 2.00 bits per heavy atom. The first-order valence-electron chi connectivity index (χ1n) is 10.5. The summed E-state index contributed by atoms with van der Waals surface area (Å²) in [6.07, 6.45) is 4.86. The van der Waals surface area contributed by atoms with Crippen molar-refractivity contribution in [3.8, 4) is 11.3 Å². The van der Waals surface area contributed by atoms with Crippen molar-refractivity contribution < 1.29 is 9.18 Å². The molecule has 0 aliphatic carbocycles. The van der Waals surface area contributed by atoms with E-state index in [1.54, 1.807) is 48.1 Å². The summed E-state index contributed by atoms with van der Waals surface area (Å²) in [4.78, 5) is 28.2. The molecule has 1 aromatic carbocycles. The van der Waals surface area contributed by atoms with Gasteiger partial charge in [0.05, 0.1) is 21.5 Å². The summed E-state index contributed by atoms with van der Waals surface area (Å²) in [6.45, 7) is 3.71. The molecule has 0 radical (unpaired) electrons. The summed E-state index contributed by atoms with van der Waals surface area (Å²) in [5, 5.41) is 5.24. The summed E-state index contributed by atoms with van der Waals surface area (Å²) in [5.74, 6) is 0.532. The fourth-order valence-electron chi connectivity index (χ4n) is 4.03. The maximum atomic E-state index is 13.4. The van der Waals surface area contributed by atoms with Crippen LogP contribution in [-0.2, 0) is 0 Å². The number of aryl methyl sites for hydroxylation is 1. The molecule has 32 heavy (non-hydrogen) atoms. The van der Waals surface area contributed by atoms with Gasteiger partial charge in [-0.3, -0.25) is 9.78 Å². The average molecular weight is 448 g/mol. The number of anilines is 1. The Morgan fingerprint density at radius 3 is 2.75 bits per heavy atom. The molecule has 0 saturated carbocycles. The van der Waals surface area contributed by atoms with Crippen LogP contribution in [-0.4, -0.2) is 40.0 Å². The highest BCUT2D eigenvalue weighted by Crippen LogP contribution is 2.32. The van der Waals surface area contributed by atoms with E-state index < -0.39 is 0 Å². The predicted octanol–water partition coefficient (Wildman–Crippen LogP) is 4.60. The zero-order valence-electron chi connectivity index (χ0n) is 17.6. The number of halogens is 1. The molecule has 1 aliphatic rings. The van der Waals surface area contributed by atoms with Gasteiger partial charge in [-0.05, 0) is 55.0 Å². The lowest BCUT2D eigenvalue weighted by molar-refractivity contribution is 0.0930. The van der Waals surface area contributed by atoms with Gasteiger partial charge < -0.3 is 10.2 Å². The summed E-state index contributed by atoms with van der Waals surface area (Å²) in [7, 11) is 0. The van der Waals surface area contributed by atoms with Gasteiger partial charge in [0.25, 0.3) is 5.91 Å². The van der Waals surface area contributed by atoms with Gasteiger partial charge in [-0.1, -0.05) is 12.1 Å². The van der Waals surface area contributed by atoms with E-state index >= 15 is 0 Å². The van der Waals surface area contributed by atoms with Crippen LogP contribution >= 0.6 is 11.3 Å². The van der Waals surface area contributed by atoms with E-state index in [0.717, 1.165) is 42.0 Å². The second kappa shape index (κ2) is 8.63. The number of carbonyl (C=O) groups is 1. The van der Waals surface area contributed by atoms with Gasteiger partial charge in [-0.2, -0.15) is 0 Å². The van der Waals surface area contributed by atoms with E-state index in [1.165, 1.54) is 17.7 Å². The third kappa shape index (κ3) is 4.05. The van der Waals surface area contributed by atoms with Crippen molar-refractivity contribution in [2.24, 2.45) is 0 Å². The molecule has 0 unspecified atom stereocenters. The standard InChI is InChI=1S/C24H22FN5OS/c1-15-13-32-22-21(15)27-14-28-23(22)30-9-7-19(8-10-30)29-24(31)17-5-6-20(26-12-17)16-3-2-4-18(25)11-16/h2-6,11-14,19H,7-10H2,1H3,(H,29,31). The molecule has 3 aromatic heterocycles. The Bertz CT molecular complexity index is 1270. The Balaban J connectivity index is 1.21. The molecule has 1 fully saturated rings. The van der Waals surface area contributed by atoms with Crippen molar-refractivity contribution in [2.75, 3.05) is 18.0 Å². The van der Waals surface area contributed by atoms with Gasteiger partial charge >= 0.3 is 0 Å². The van der Waals surface area contributed by atoms with Crippen LogP contribution in [0, 0.1) is 12.7 Å². The van der Waals surface area contributed by atoms with E-state index in [1.807, 2.05) is 0 Å². The number of carbonyl (C=O) groups excluding carboxylic acids is 1. The highest BCUT2D eigenvalue weighted by molar-refractivity contribution is 7.18. The van der Waals surface area contributed by atoms with Gasteiger partial charge in [-0.25, -0.2) is 14.4 Å². The van der Waals surface area contributed by atoms with E-state index in [4.69, 9.17) is 0 Å². The summed E-state index contributed by atoms with van der Waals surface area (Å²) in [5.41, 5.74) is 4.01. The van der Waals surface area contributed by atoms with Gasteiger partial charge in [0.2, 0.25) is 0 Å². The lowest BCUT2D eigenvalue weighted by atomic mass is 10.0. The van der Waals surface area contributed by atoms with E-state index in [9.17, 15) is 9.18 Å². The van der Waals surface area contributed by atoms with Gasteiger partial charge in [0, 0.05) is 30.9 Å². The number of amides is 1. The number of hydrogen-bond acceptors (Lipinski definition) is 6. The first kappa shape index (κ1) is 20.5. The third-order valence-corrected chi connectivity index (χ3v) is 6.87. The monoisotopic (exact) mass is 447 g/mol. The Morgan fingerprint density at radius 1 is 1.16 bits per heavy atom. The number of fused-ring (bicyclic) bond motifs is 1. The number of nitrogens with zero attached hydrogens (tertiary/aromatic N) is 4. The van der Waals surface area contributed by atoms with E-state index in [-0.39, 0.29) is 17.8 Å². The van der Waals surface area contributed by atoms with Crippen molar-refractivity contribution in [3.05, 3.63) is 71.2 Å². The van der Waals surface area contributed by atoms with Crippen LogP contribution in [0.5, 0.6) is 0 Å². The number of thiophene rings is 1. The molecule has 8 heteroatoms. The molecular formula is C24H22FN5OS. The van der Waals surface area contributed by atoms with Crippen molar-refractivity contribution in [3.63, 3.8) is 0 Å². The highest BCUT2D eigenvalue weighted by Gasteiger charge is 2.24. The minimum atomic E-state index is -0.311. The second-order valence-corrected chi connectivity index (χ2v) is 8.85. The molecule has 4 aromatic rings. The highest BCUT2D eigenvalue weighted by atomic mass is 32.1. The van der Waals surface area contributed by atoms with Crippen LogP contribution in [0.25, 0.3) is 21.5 Å². The fraction of sp³-hybridized carbons (Fsp3) is 0.250. The lowest BCUT2D eigenvalue weighted by Gasteiger charge is -2.33. The number of piperidine rings is 1. The molecule has 5 rings (SSSR count). The Kier molecular flexibility index (Phi) is 5.53. The second-order valence-electron chi connectivity index (χ2n) is 7.97. The molecule has 4 heterocycles. The Hall–Kier alpha value is -3.39. The van der Waals surface area contributed by atoms with Crippen LogP contribution in [0.1, 0.15) is 28.8 Å². The maximum Gasteiger partial charge on any atom is 0.253 e. The van der Waals surface area contributed by atoms with Gasteiger partial charge in [0.15, 0.2) is 0 Å². The van der Waals surface area contributed by atoms with Crippen LogP contribution in [0.15, 0.2) is 54.3 Å². The number of pyridine rings is 1. The quantitative estimate of drug-likeness (QED) is 0.495. The summed E-state index contributed by atoms with van der Waals surface area (Å²) in [6, 6.07) is 9.84. The van der Waals surface area contributed by atoms with Crippen LogP contribution in [0.4, 0.5) is 10.2 Å². The number of nitrogens with one attached hydrogen (secondary N) is 1. The van der Waals surface area contributed by atoms with E-state index in [0.29, 0.717) is 16.8 Å². The molecule has 0 bridgehead atoms. The molecule has 1 N–H and O–H groups in total. The average Bonchev–Trinajstić information content (AvgIpc) is 3.21. The molecule has 1 aliphatic heterocycles. The largest absolute Gasteiger partial charge is 0.355 e. The van der Waals surface area contributed by atoms with Crippen molar-refractivity contribution in [2.45, 2.75) is 25.8 Å². The first-order valence-corrected chi connectivity index (χ1v) is 11.4. The van der Waals surface area contributed by atoms with E-state index in [2.05, 4.69) is 37.5 Å². The molecule has 162 valence electrons. The molecule has 1 saturated heterocycles. The molecule has 1 amide bonds. The van der Waals surface area contributed by atoms with Gasteiger partial charge in [0.1, 0.15) is 18.0 Å². The Labute approximate surface area is 189 Å². The normalized spacial score (nSPS) is 14.6. The molecule has 6 nitrogen and oxygen atoms in total. The first-order chi connectivity index (χ1) is 15.6. The van der Waals surface area contributed by atoms with Crippen LogP contribution in [0.3, 0.4) is 0 Å².